The standard InChI is InChI=1S/C24H31NO5/c1-4-20(23(27)29-5-2)25(17-18-13-9-7-10-14-18)21(19-15-11-8-12-16-19)22(26)24(28)30-6-3/h7-16,20-22,26H,4-6,17H2,1-3H3/t20?,21-,22-/m1/s1. The molecule has 0 radical (unpaired) electrons. The van der Waals surface area contributed by atoms with E-state index in [4.69, 9.17) is 9.47 Å². The van der Waals surface area contributed by atoms with Crippen LogP contribution >= 0.6 is 0 Å². The van der Waals surface area contributed by atoms with Gasteiger partial charge in [0.15, 0.2) is 6.10 Å². The zero-order chi connectivity index (χ0) is 21.9. The molecule has 2 aromatic carbocycles. The van der Waals surface area contributed by atoms with Crippen molar-refractivity contribution < 1.29 is 24.2 Å². The third-order valence-corrected chi connectivity index (χ3v) is 4.88. The summed E-state index contributed by atoms with van der Waals surface area (Å²) < 4.78 is 10.4. The summed E-state index contributed by atoms with van der Waals surface area (Å²) in [6.45, 7) is 6.11. The van der Waals surface area contributed by atoms with Gasteiger partial charge < -0.3 is 14.6 Å². The van der Waals surface area contributed by atoms with Crippen molar-refractivity contribution >= 4 is 11.9 Å². The Morgan fingerprint density at radius 3 is 1.93 bits per heavy atom. The maximum atomic E-state index is 12.8. The summed E-state index contributed by atoms with van der Waals surface area (Å²) in [5.41, 5.74) is 1.67. The molecule has 1 N–H and O–H groups in total. The number of aliphatic hydroxyl groups is 1. The Bertz CT molecular complexity index is 781. The molecule has 0 spiro atoms. The lowest BCUT2D eigenvalue weighted by Gasteiger charge is -2.38. The molecule has 0 aliphatic carbocycles. The molecule has 162 valence electrons. The summed E-state index contributed by atoms with van der Waals surface area (Å²) in [4.78, 5) is 27.1. The van der Waals surface area contributed by atoms with E-state index in [0.717, 1.165) is 11.1 Å². The minimum absolute atomic E-state index is 0.158. The average Bonchev–Trinajstić information content (AvgIpc) is 2.76. The van der Waals surface area contributed by atoms with Gasteiger partial charge in [-0.05, 0) is 31.4 Å². The number of aliphatic hydroxyl groups excluding tert-OH is 1. The van der Waals surface area contributed by atoms with Crippen molar-refractivity contribution in [1.82, 2.24) is 4.90 Å². The smallest absolute Gasteiger partial charge is 0.336 e. The van der Waals surface area contributed by atoms with Crippen molar-refractivity contribution in [1.29, 1.82) is 0 Å². The first-order valence-corrected chi connectivity index (χ1v) is 10.4. The second-order valence-corrected chi connectivity index (χ2v) is 6.89. The van der Waals surface area contributed by atoms with Crippen LogP contribution in [0.5, 0.6) is 0 Å². The monoisotopic (exact) mass is 413 g/mol. The first-order chi connectivity index (χ1) is 14.5. The Balaban J connectivity index is 2.54. The second-order valence-electron chi connectivity index (χ2n) is 6.89. The van der Waals surface area contributed by atoms with Gasteiger partial charge in [-0.1, -0.05) is 67.6 Å². The molecule has 0 aromatic heterocycles. The zero-order valence-corrected chi connectivity index (χ0v) is 17.9. The number of ether oxygens (including phenoxy) is 2. The maximum absolute atomic E-state index is 12.8. The van der Waals surface area contributed by atoms with Gasteiger partial charge in [-0.25, -0.2) is 4.79 Å². The molecule has 0 saturated carbocycles. The number of rotatable bonds is 11. The Kier molecular flexibility index (Phi) is 9.51. The van der Waals surface area contributed by atoms with Gasteiger partial charge in [0.25, 0.3) is 0 Å². The van der Waals surface area contributed by atoms with Crippen LogP contribution in [0.3, 0.4) is 0 Å². The van der Waals surface area contributed by atoms with Crippen LogP contribution in [0, 0.1) is 0 Å². The highest BCUT2D eigenvalue weighted by molar-refractivity contribution is 5.77. The molecule has 0 aliphatic rings. The molecule has 30 heavy (non-hydrogen) atoms. The molecule has 0 saturated heterocycles. The van der Waals surface area contributed by atoms with E-state index in [9.17, 15) is 14.7 Å². The van der Waals surface area contributed by atoms with Crippen molar-refractivity contribution in [2.24, 2.45) is 0 Å². The van der Waals surface area contributed by atoms with Crippen molar-refractivity contribution in [2.75, 3.05) is 13.2 Å². The molecule has 3 atom stereocenters. The van der Waals surface area contributed by atoms with Crippen LogP contribution in [-0.4, -0.2) is 47.3 Å². The number of benzene rings is 2. The molecule has 1 unspecified atom stereocenters. The molecule has 6 nitrogen and oxygen atoms in total. The van der Waals surface area contributed by atoms with E-state index >= 15 is 0 Å². The van der Waals surface area contributed by atoms with Crippen LogP contribution in [0.4, 0.5) is 0 Å². The largest absolute Gasteiger partial charge is 0.465 e. The van der Waals surface area contributed by atoms with Crippen molar-refractivity contribution in [2.45, 2.75) is 51.9 Å². The molecule has 2 rings (SSSR count). The fraction of sp³-hybridized carbons (Fsp3) is 0.417. The van der Waals surface area contributed by atoms with Gasteiger partial charge in [0.1, 0.15) is 6.04 Å². The SMILES string of the molecule is CCOC(=O)C(CC)N(Cc1ccccc1)[C@H](c1ccccc1)[C@@H](O)C(=O)OCC. The Labute approximate surface area is 178 Å². The van der Waals surface area contributed by atoms with Gasteiger partial charge in [-0.3, -0.25) is 9.69 Å². The van der Waals surface area contributed by atoms with E-state index in [1.165, 1.54) is 0 Å². The maximum Gasteiger partial charge on any atom is 0.336 e. The molecule has 0 bridgehead atoms. The van der Waals surface area contributed by atoms with Gasteiger partial charge in [0.2, 0.25) is 0 Å². The van der Waals surface area contributed by atoms with Crippen molar-refractivity contribution in [3.8, 4) is 0 Å². The number of carbonyl (C=O) groups is 2. The number of hydrogen-bond acceptors (Lipinski definition) is 6. The Morgan fingerprint density at radius 1 is 0.867 bits per heavy atom. The molecule has 0 heterocycles. The van der Waals surface area contributed by atoms with Crippen LogP contribution < -0.4 is 0 Å². The fourth-order valence-electron chi connectivity index (χ4n) is 3.53. The first kappa shape index (κ1) is 23.6. The minimum Gasteiger partial charge on any atom is -0.465 e. The molecule has 0 amide bonds. The van der Waals surface area contributed by atoms with Gasteiger partial charge >= 0.3 is 11.9 Å². The third kappa shape index (κ3) is 6.15. The first-order valence-electron chi connectivity index (χ1n) is 10.4. The van der Waals surface area contributed by atoms with Gasteiger partial charge in [-0.15, -0.1) is 0 Å². The Hall–Kier alpha value is -2.70. The predicted octanol–water partition coefficient (Wildman–Crippen LogP) is 3.50. The number of hydrogen-bond donors (Lipinski definition) is 1. The summed E-state index contributed by atoms with van der Waals surface area (Å²) in [6.07, 6.45) is -0.996. The summed E-state index contributed by atoms with van der Waals surface area (Å²) >= 11 is 0. The lowest BCUT2D eigenvalue weighted by molar-refractivity contribution is -0.163. The van der Waals surface area contributed by atoms with E-state index in [-0.39, 0.29) is 19.2 Å². The van der Waals surface area contributed by atoms with Crippen LogP contribution in [0.1, 0.15) is 44.4 Å². The number of carbonyl (C=O) groups excluding carboxylic acids is 2. The highest BCUT2D eigenvalue weighted by Gasteiger charge is 2.39. The van der Waals surface area contributed by atoms with Gasteiger partial charge in [-0.2, -0.15) is 0 Å². The predicted molar refractivity (Wildman–Crippen MR) is 115 cm³/mol. The topological polar surface area (TPSA) is 76.1 Å². The van der Waals surface area contributed by atoms with E-state index in [1.54, 1.807) is 13.8 Å². The average molecular weight is 414 g/mol. The van der Waals surface area contributed by atoms with E-state index in [0.29, 0.717) is 13.0 Å². The van der Waals surface area contributed by atoms with Gasteiger partial charge in [0.05, 0.1) is 19.3 Å². The van der Waals surface area contributed by atoms with Gasteiger partial charge in [0, 0.05) is 6.54 Å². The normalized spacial score (nSPS) is 14.0. The summed E-state index contributed by atoms with van der Waals surface area (Å²) in [6, 6.07) is 17.4. The second kappa shape index (κ2) is 12.1. The molecular formula is C24H31NO5. The highest BCUT2D eigenvalue weighted by atomic mass is 16.5. The van der Waals surface area contributed by atoms with Crippen LogP contribution in [-0.2, 0) is 25.6 Å². The van der Waals surface area contributed by atoms with E-state index in [1.807, 2.05) is 72.5 Å². The van der Waals surface area contributed by atoms with Crippen LogP contribution in [0.15, 0.2) is 60.7 Å². The number of nitrogens with zero attached hydrogens (tertiary/aromatic N) is 1. The van der Waals surface area contributed by atoms with E-state index < -0.39 is 24.2 Å². The summed E-state index contributed by atoms with van der Waals surface area (Å²) in [5.74, 6) is -1.10. The molecule has 6 heteroatoms. The molecule has 0 fully saturated rings. The summed E-state index contributed by atoms with van der Waals surface area (Å²) in [7, 11) is 0. The lowest BCUT2D eigenvalue weighted by atomic mass is 9.96. The summed E-state index contributed by atoms with van der Waals surface area (Å²) in [5, 5.41) is 11.0. The zero-order valence-electron chi connectivity index (χ0n) is 17.9. The fourth-order valence-corrected chi connectivity index (χ4v) is 3.53. The van der Waals surface area contributed by atoms with Crippen LogP contribution in [0.25, 0.3) is 0 Å². The molecular weight excluding hydrogens is 382 g/mol. The third-order valence-electron chi connectivity index (χ3n) is 4.88. The highest BCUT2D eigenvalue weighted by Crippen LogP contribution is 2.31. The molecule has 2 aromatic rings. The van der Waals surface area contributed by atoms with Crippen LogP contribution in [0.2, 0.25) is 0 Å². The van der Waals surface area contributed by atoms with E-state index in [2.05, 4.69) is 0 Å². The lowest BCUT2D eigenvalue weighted by Crippen LogP contribution is -2.49. The van der Waals surface area contributed by atoms with Crippen molar-refractivity contribution in [3.05, 3.63) is 71.8 Å². The molecule has 0 aliphatic heterocycles. The minimum atomic E-state index is -1.46. The van der Waals surface area contributed by atoms with Crippen molar-refractivity contribution in [3.63, 3.8) is 0 Å². The Morgan fingerprint density at radius 2 is 1.40 bits per heavy atom. The number of esters is 2. The quantitative estimate of drug-likeness (QED) is 0.568.